The number of hydrogen-bond acceptors (Lipinski definition) is 7. The summed E-state index contributed by atoms with van der Waals surface area (Å²) in [5.74, 6) is -3.31. The zero-order valence-electron chi connectivity index (χ0n) is 19.2. The highest BCUT2D eigenvalue weighted by Crippen LogP contribution is 2.60. The number of amides is 3. The molecule has 1 N–H and O–H groups in total. The molecule has 1 heterocycles. The molecule has 1 saturated heterocycles. The van der Waals surface area contributed by atoms with E-state index in [-0.39, 0.29) is 33.3 Å². The lowest BCUT2D eigenvalue weighted by Crippen LogP contribution is -2.45. The highest BCUT2D eigenvalue weighted by molar-refractivity contribution is 9.12. The van der Waals surface area contributed by atoms with E-state index in [0.717, 1.165) is 11.3 Å². The van der Waals surface area contributed by atoms with Crippen LogP contribution in [0.25, 0.3) is 0 Å². The number of nitrogens with one attached hydrogen (secondary N) is 1. The van der Waals surface area contributed by atoms with Gasteiger partial charge in [0.1, 0.15) is 6.04 Å². The van der Waals surface area contributed by atoms with Crippen LogP contribution in [-0.4, -0.2) is 63.5 Å². The van der Waals surface area contributed by atoms with E-state index in [1.54, 1.807) is 0 Å². The maximum Gasteiger partial charge on any atom is 0.338 e. The van der Waals surface area contributed by atoms with Crippen molar-refractivity contribution in [3.63, 3.8) is 0 Å². The van der Waals surface area contributed by atoms with E-state index in [1.807, 2.05) is 6.92 Å². The van der Waals surface area contributed by atoms with Crippen molar-refractivity contribution in [2.45, 2.75) is 42.4 Å². The van der Waals surface area contributed by atoms with Crippen molar-refractivity contribution >= 4 is 67.2 Å². The lowest BCUT2D eigenvalue weighted by Gasteiger charge is -2.28. The average Bonchev–Trinajstić information content (AvgIpc) is 3.45. The van der Waals surface area contributed by atoms with E-state index in [4.69, 9.17) is 9.47 Å². The van der Waals surface area contributed by atoms with Crippen LogP contribution in [0.1, 0.15) is 37.0 Å². The molecule has 0 unspecified atom stereocenters. The summed E-state index contributed by atoms with van der Waals surface area (Å²) in [6, 6.07) is 4.99. The SMILES string of the molecule is CCCOC(=O)c1ccc(NC(=O)COC(=O)[C@H](C)N2C(=O)[C@@H]3[C@H]4C[C@@H]([C@H](Br)[C@H]4Br)[C@@H]3C2=O)cc1. The van der Waals surface area contributed by atoms with E-state index in [2.05, 4.69) is 37.2 Å². The standard InChI is InChI=1S/C24H26Br2N2O7/c1-3-8-34-24(33)12-4-6-13(7-5-12)27-16(29)10-35-23(32)11(2)28-21(30)17-14-9-15(18(17)22(28)31)20(26)19(14)25/h4-7,11,14-15,17-20H,3,8-10H2,1-2H3,(H,27,29)/t11-,14+,15+,17-,18+,19-,20-/m0/s1. The summed E-state index contributed by atoms with van der Waals surface area (Å²) in [5.41, 5.74) is 0.764. The molecule has 1 aromatic rings. The fraction of sp³-hybridized carbons (Fsp3) is 0.542. The number of esters is 2. The summed E-state index contributed by atoms with van der Waals surface area (Å²) in [5, 5.41) is 2.57. The van der Waals surface area contributed by atoms with Crippen LogP contribution >= 0.6 is 31.9 Å². The Morgan fingerprint density at radius 1 is 1.03 bits per heavy atom. The Bertz CT molecular complexity index is 1010. The van der Waals surface area contributed by atoms with Gasteiger partial charge in [-0.05, 0) is 55.9 Å². The van der Waals surface area contributed by atoms with Gasteiger partial charge in [-0.2, -0.15) is 0 Å². The van der Waals surface area contributed by atoms with Gasteiger partial charge in [-0.1, -0.05) is 38.8 Å². The second-order valence-electron chi connectivity index (χ2n) is 9.10. The molecule has 0 radical (unpaired) electrons. The molecule has 9 nitrogen and oxygen atoms in total. The van der Waals surface area contributed by atoms with Gasteiger partial charge in [0.05, 0.1) is 24.0 Å². The van der Waals surface area contributed by atoms with Crippen molar-refractivity contribution in [1.29, 1.82) is 0 Å². The van der Waals surface area contributed by atoms with Crippen LogP contribution in [0.3, 0.4) is 0 Å². The Labute approximate surface area is 219 Å². The summed E-state index contributed by atoms with van der Waals surface area (Å²) >= 11 is 7.26. The average molecular weight is 614 g/mol. The Kier molecular flexibility index (Phi) is 7.65. The number of fused-ring (bicyclic) bond motifs is 5. The molecule has 35 heavy (non-hydrogen) atoms. The topological polar surface area (TPSA) is 119 Å². The summed E-state index contributed by atoms with van der Waals surface area (Å²) in [6.07, 6.45) is 1.51. The molecule has 4 rings (SSSR count). The molecule has 1 aromatic carbocycles. The number of imide groups is 1. The molecular weight excluding hydrogens is 588 g/mol. The van der Waals surface area contributed by atoms with Gasteiger partial charge >= 0.3 is 11.9 Å². The molecule has 2 saturated carbocycles. The Morgan fingerprint density at radius 2 is 1.60 bits per heavy atom. The predicted molar refractivity (Wildman–Crippen MR) is 132 cm³/mol. The van der Waals surface area contributed by atoms with Gasteiger partial charge < -0.3 is 14.8 Å². The number of carbonyl (C=O) groups is 5. The first-order chi connectivity index (χ1) is 16.6. The predicted octanol–water partition coefficient (Wildman–Crippen LogP) is 2.90. The van der Waals surface area contributed by atoms with Crippen LogP contribution in [0.2, 0.25) is 0 Å². The second-order valence-corrected chi connectivity index (χ2v) is 11.2. The van der Waals surface area contributed by atoms with Gasteiger partial charge in [0, 0.05) is 15.3 Å². The number of ether oxygens (including phenoxy) is 2. The van der Waals surface area contributed by atoms with Crippen molar-refractivity contribution in [1.82, 2.24) is 4.90 Å². The summed E-state index contributed by atoms with van der Waals surface area (Å²) < 4.78 is 10.1. The summed E-state index contributed by atoms with van der Waals surface area (Å²) in [6.45, 7) is 3.08. The number of halogens is 2. The van der Waals surface area contributed by atoms with Gasteiger partial charge in [-0.3, -0.25) is 19.3 Å². The molecule has 3 amide bonds. The van der Waals surface area contributed by atoms with Gasteiger partial charge in [0.25, 0.3) is 5.91 Å². The Balaban J connectivity index is 1.29. The molecular formula is C24H26Br2N2O7. The zero-order valence-corrected chi connectivity index (χ0v) is 22.4. The van der Waals surface area contributed by atoms with Gasteiger partial charge in [-0.15, -0.1) is 0 Å². The largest absolute Gasteiger partial charge is 0.462 e. The van der Waals surface area contributed by atoms with Crippen LogP contribution in [0, 0.1) is 23.7 Å². The lowest BCUT2D eigenvalue weighted by atomic mass is 9.81. The molecule has 0 spiro atoms. The van der Waals surface area contributed by atoms with Crippen LogP contribution in [0.5, 0.6) is 0 Å². The van der Waals surface area contributed by atoms with Gasteiger partial charge in [0.15, 0.2) is 6.61 Å². The molecule has 7 atom stereocenters. The molecule has 3 fully saturated rings. The van der Waals surface area contributed by atoms with Crippen molar-refractivity contribution in [3.05, 3.63) is 29.8 Å². The normalized spacial score (nSPS) is 29.7. The third-order valence-corrected chi connectivity index (χ3v) is 10.1. The number of carbonyl (C=O) groups excluding carboxylic acids is 5. The minimum absolute atomic E-state index is 0.0460. The first kappa shape index (κ1) is 25.8. The highest BCUT2D eigenvalue weighted by atomic mass is 79.9. The van der Waals surface area contributed by atoms with Crippen molar-refractivity contribution in [2.24, 2.45) is 23.7 Å². The van der Waals surface area contributed by atoms with E-state index in [9.17, 15) is 24.0 Å². The fourth-order valence-electron chi connectivity index (χ4n) is 5.28. The lowest BCUT2D eigenvalue weighted by molar-refractivity contribution is -0.159. The first-order valence-corrected chi connectivity index (χ1v) is 13.4. The number of likely N-dealkylation sites (tertiary alicyclic amines) is 1. The molecule has 2 aliphatic carbocycles. The van der Waals surface area contributed by atoms with Gasteiger partial charge in [0.2, 0.25) is 11.8 Å². The molecule has 0 aromatic heterocycles. The third-order valence-electron chi connectivity index (χ3n) is 6.94. The smallest absolute Gasteiger partial charge is 0.338 e. The van der Waals surface area contributed by atoms with E-state index >= 15 is 0 Å². The second kappa shape index (κ2) is 10.4. The number of hydrogen-bond donors (Lipinski definition) is 1. The number of benzene rings is 1. The van der Waals surface area contributed by atoms with Crippen molar-refractivity contribution < 1.29 is 33.4 Å². The maximum atomic E-state index is 13.0. The minimum atomic E-state index is -1.12. The number of alkyl halides is 2. The van der Waals surface area contributed by atoms with Gasteiger partial charge in [-0.25, -0.2) is 9.59 Å². The van der Waals surface area contributed by atoms with E-state index in [0.29, 0.717) is 24.3 Å². The van der Waals surface area contributed by atoms with Crippen LogP contribution < -0.4 is 5.32 Å². The van der Waals surface area contributed by atoms with Crippen LogP contribution in [0.15, 0.2) is 24.3 Å². The number of anilines is 1. The Hall–Kier alpha value is -2.27. The van der Waals surface area contributed by atoms with Crippen molar-refractivity contribution in [3.8, 4) is 0 Å². The summed E-state index contributed by atoms with van der Waals surface area (Å²) in [4.78, 5) is 64.0. The molecule has 188 valence electrons. The maximum absolute atomic E-state index is 13.0. The highest BCUT2D eigenvalue weighted by Gasteiger charge is 2.67. The monoisotopic (exact) mass is 612 g/mol. The Morgan fingerprint density at radius 3 is 2.14 bits per heavy atom. The molecule has 1 aliphatic heterocycles. The summed E-state index contributed by atoms with van der Waals surface area (Å²) in [7, 11) is 0. The van der Waals surface area contributed by atoms with Crippen molar-refractivity contribution in [2.75, 3.05) is 18.5 Å². The number of nitrogens with zero attached hydrogens (tertiary/aromatic N) is 1. The minimum Gasteiger partial charge on any atom is -0.462 e. The number of rotatable bonds is 8. The molecule has 2 bridgehead atoms. The quantitative estimate of drug-likeness (QED) is 0.272. The molecule has 11 heteroatoms. The van der Waals surface area contributed by atoms with Crippen LogP contribution in [-0.2, 0) is 28.7 Å². The first-order valence-electron chi connectivity index (χ1n) is 11.5. The van der Waals surface area contributed by atoms with Crippen LogP contribution in [0.4, 0.5) is 5.69 Å². The van der Waals surface area contributed by atoms with E-state index < -0.39 is 42.3 Å². The third kappa shape index (κ3) is 4.76. The molecule has 3 aliphatic rings. The fourth-order valence-corrected chi connectivity index (χ4v) is 7.15. The van der Waals surface area contributed by atoms with E-state index in [1.165, 1.54) is 31.2 Å². The zero-order chi connectivity index (χ0) is 25.4.